The van der Waals surface area contributed by atoms with E-state index in [0.717, 1.165) is 31.2 Å². The molecule has 1 aromatic heterocycles. The second-order valence-electron chi connectivity index (χ2n) is 5.71. The van der Waals surface area contributed by atoms with E-state index in [9.17, 15) is 10.1 Å². The van der Waals surface area contributed by atoms with Crippen molar-refractivity contribution in [2.75, 3.05) is 0 Å². The summed E-state index contributed by atoms with van der Waals surface area (Å²) in [5.41, 5.74) is 1.51. The number of ether oxygens (including phenoxy) is 1. The van der Waals surface area contributed by atoms with Crippen LogP contribution in [0.2, 0.25) is 5.15 Å². The van der Waals surface area contributed by atoms with Crippen molar-refractivity contribution in [2.24, 2.45) is 0 Å². The lowest BCUT2D eigenvalue weighted by atomic mass is 10.0. The molecule has 1 saturated carbocycles. The van der Waals surface area contributed by atoms with Gasteiger partial charge in [-0.2, -0.15) is 4.98 Å². The highest BCUT2D eigenvalue weighted by atomic mass is 35.5. The SMILES string of the molecule is O=[N+]([O-])c1ccc(-c2nc(Cl)c3c(n2)OC2(CC3)CC2)cc1. The topological polar surface area (TPSA) is 78.2 Å². The predicted octanol–water partition coefficient (Wildman–Crippen LogP) is 3.56. The molecule has 0 atom stereocenters. The minimum absolute atomic E-state index is 0.0287. The van der Waals surface area contributed by atoms with Crippen LogP contribution in [0.5, 0.6) is 5.88 Å². The van der Waals surface area contributed by atoms with E-state index in [0.29, 0.717) is 22.4 Å². The average Bonchev–Trinajstić information content (AvgIpc) is 3.25. The number of benzene rings is 1. The lowest BCUT2D eigenvalue weighted by molar-refractivity contribution is -0.384. The summed E-state index contributed by atoms with van der Waals surface area (Å²) in [6.07, 6.45) is 3.90. The number of rotatable bonds is 2. The van der Waals surface area contributed by atoms with Gasteiger partial charge in [0, 0.05) is 17.7 Å². The summed E-state index contributed by atoms with van der Waals surface area (Å²) < 4.78 is 5.99. The molecule has 1 aliphatic carbocycles. The van der Waals surface area contributed by atoms with Crippen molar-refractivity contribution in [3.8, 4) is 17.3 Å². The van der Waals surface area contributed by atoms with Crippen LogP contribution < -0.4 is 4.74 Å². The van der Waals surface area contributed by atoms with E-state index in [4.69, 9.17) is 16.3 Å². The van der Waals surface area contributed by atoms with E-state index in [2.05, 4.69) is 9.97 Å². The molecule has 0 radical (unpaired) electrons. The zero-order valence-corrected chi connectivity index (χ0v) is 12.3. The van der Waals surface area contributed by atoms with Crippen LogP contribution in [0.4, 0.5) is 5.69 Å². The molecule has 0 unspecified atom stereocenters. The van der Waals surface area contributed by atoms with E-state index < -0.39 is 4.92 Å². The molecule has 22 heavy (non-hydrogen) atoms. The first-order chi connectivity index (χ1) is 10.6. The molecular weight excluding hydrogens is 306 g/mol. The van der Waals surface area contributed by atoms with Crippen molar-refractivity contribution < 1.29 is 9.66 Å². The molecule has 6 nitrogen and oxygen atoms in total. The fourth-order valence-electron chi connectivity index (χ4n) is 2.69. The molecular formula is C15H12ClN3O3. The van der Waals surface area contributed by atoms with E-state index in [1.807, 2.05) is 0 Å². The van der Waals surface area contributed by atoms with E-state index in [1.165, 1.54) is 12.1 Å². The molecule has 112 valence electrons. The van der Waals surface area contributed by atoms with Crippen LogP contribution in [0.1, 0.15) is 24.8 Å². The Morgan fingerprint density at radius 2 is 1.91 bits per heavy atom. The maximum Gasteiger partial charge on any atom is 0.269 e. The summed E-state index contributed by atoms with van der Waals surface area (Å²) in [6, 6.07) is 6.09. The van der Waals surface area contributed by atoms with Crippen molar-refractivity contribution in [2.45, 2.75) is 31.3 Å². The van der Waals surface area contributed by atoms with Gasteiger partial charge in [-0.15, -0.1) is 0 Å². The fourth-order valence-corrected chi connectivity index (χ4v) is 2.95. The van der Waals surface area contributed by atoms with Crippen molar-refractivity contribution >= 4 is 17.3 Å². The standard InChI is InChI=1S/C15H12ClN3O3/c16-12-11-5-6-15(7-8-15)22-14(11)18-13(17-12)9-1-3-10(4-2-9)19(20)21/h1-4H,5-8H2. The number of nitro groups is 1. The van der Waals surface area contributed by atoms with Gasteiger partial charge in [0.2, 0.25) is 5.88 Å². The summed E-state index contributed by atoms with van der Waals surface area (Å²) in [5, 5.41) is 11.1. The summed E-state index contributed by atoms with van der Waals surface area (Å²) in [4.78, 5) is 19.0. The monoisotopic (exact) mass is 317 g/mol. The Bertz CT molecular complexity index is 772. The number of nitrogens with zero attached hydrogens (tertiary/aromatic N) is 3. The zero-order valence-electron chi connectivity index (χ0n) is 11.6. The van der Waals surface area contributed by atoms with Crippen LogP contribution in [0.3, 0.4) is 0 Å². The molecule has 4 rings (SSSR count). The highest BCUT2D eigenvalue weighted by molar-refractivity contribution is 6.30. The zero-order chi connectivity index (χ0) is 15.3. The number of aromatic nitrogens is 2. The van der Waals surface area contributed by atoms with Gasteiger partial charge in [-0.05, 0) is 37.8 Å². The van der Waals surface area contributed by atoms with Crippen molar-refractivity contribution in [1.82, 2.24) is 9.97 Å². The third-order valence-corrected chi connectivity index (χ3v) is 4.52. The van der Waals surface area contributed by atoms with Crippen LogP contribution in [-0.4, -0.2) is 20.5 Å². The van der Waals surface area contributed by atoms with Crippen LogP contribution in [0.25, 0.3) is 11.4 Å². The largest absolute Gasteiger partial charge is 0.471 e. The first kappa shape index (κ1) is 13.5. The molecule has 0 N–H and O–H groups in total. The number of non-ortho nitro benzene ring substituents is 1. The van der Waals surface area contributed by atoms with Gasteiger partial charge in [-0.1, -0.05) is 11.6 Å². The second-order valence-corrected chi connectivity index (χ2v) is 6.07. The molecule has 2 aliphatic rings. The maximum atomic E-state index is 10.7. The Kier molecular flexibility index (Phi) is 2.84. The molecule has 0 bridgehead atoms. The Morgan fingerprint density at radius 3 is 2.55 bits per heavy atom. The van der Waals surface area contributed by atoms with Gasteiger partial charge in [-0.3, -0.25) is 10.1 Å². The van der Waals surface area contributed by atoms with Gasteiger partial charge in [0.05, 0.1) is 10.5 Å². The van der Waals surface area contributed by atoms with Gasteiger partial charge < -0.3 is 4.74 Å². The highest BCUT2D eigenvalue weighted by Crippen LogP contribution is 2.48. The summed E-state index contributed by atoms with van der Waals surface area (Å²) in [7, 11) is 0. The third kappa shape index (κ3) is 2.20. The molecule has 0 saturated heterocycles. The van der Waals surface area contributed by atoms with E-state index >= 15 is 0 Å². The Labute approximate surface area is 131 Å². The second kappa shape index (κ2) is 4.64. The Morgan fingerprint density at radius 1 is 1.18 bits per heavy atom. The van der Waals surface area contributed by atoms with Gasteiger partial charge in [0.15, 0.2) is 5.82 Å². The fraction of sp³-hybridized carbons (Fsp3) is 0.333. The number of hydrogen-bond donors (Lipinski definition) is 0. The molecule has 7 heteroatoms. The van der Waals surface area contributed by atoms with Gasteiger partial charge in [0.1, 0.15) is 10.8 Å². The highest BCUT2D eigenvalue weighted by Gasteiger charge is 2.48. The minimum Gasteiger partial charge on any atom is -0.471 e. The normalized spacial score (nSPS) is 17.7. The summed E-state index contributed by atoms with van der Waals surface area (Å²) >= 11 is 6.25. The molecule has 1 aliphatic heterocycles. The summed E-state index contributed by atoms with van der Waals surface area (Å²) in [6.45, 7) is 0. The lowest BCUT2D eigenvalue weighted by Gasteiger charge is -2.25. The van der Waals surface area contributed by atoms with Gasteiger partial charge in [0.25, 0.3) is 5.69 Å². The van der Waals surface area contributed by atoms with Crippen LogP contribution in [-0.2, 0) is 6.42 Å². The maximum absolute atomic E-state index is 10.7. The van der Waals surface area contributed by atoms with Gasteiger partial charge >= 0.3 is 0 Å². The quantitative estimate of drug-likeness (QED) is 0.480. The number of fused-ring (bicyclic) bond motifs is 1. The predicted molar refractivity (Wildman–Crippen MR) is 80.0 cm³/mol. The number of hydrogen-bond acceptors (Lipinski definition) is 5. The van der Waals surface area contributed by atoms with Gasteiger partial charge in [-0.25, -0.2) is 4.98 Å². The average molecular weight is 318 g/mol. The first-order valence-electron chi connectivity index (χ1n) is 7.07. The first-order valence-corrected chi connectivity index (χ1v) is 7.44. The third-order valence-electron chi connectivity index (χ3n) is 4.21. The molecule has 1 aromatic carbocycles. The molecule has 0 amide bonds. The molecule has 2 aromatic rings. The van der Waals surface area contributed by atoms with Crippen LogP contribution in [0.15, 0.2) is 24.3 Å². The van der Waals surface area contributed by atoms with Crippen molar-refractivity contribution in [1.29, 1.82) is 0 Å². The number of halogens is 1. The van der Waals surface area contributed by atoms with Crippen molar-refractivity contribution in [3.63, 3.8) is 0 Å². The smallest absolute Gasteiger partial charge is 0.269 e. The molecule has 2 heterocycles. The Balaban J connectivity index is 1.73. The van der Waals surface area contributed by atoms with Crippen LogP contribution >= 0.6 is 11.6 Å². The lowest BCUT2D eigenvalue weighted by Crippen LogP contribution is -2.25. The molecule has 1 fully saturated rings. The Hall–Kier alpha value is -2.21. The van der Waals surface area contributed by atoms with Crippen LogP contribution in [0, 0.1) is 10.1 Å². The van der Waals surface area contributed by atoms with E-state index in [-0.39, 0.29) is 11.3 Å². The minimum atomic E-state index is -0.440. The molecule has 1 spiro atoms. The number of nitro benzene ring substituents is 1. The van der Waals surface area contributed by atoms with E-state index in [1.54, 1.807) is 12.1 Å². The van der Waals surface area contributed by atoms with Crippen molar-refractivity contribution in [3.05, 3.63) is 45.1 Å². The summed E-state index contributed by atoms with van der Waals surface area (Å²) in [5.74, 6) is 0.980.